The van der Waals surface area contributed by atoms with Crippen LogP contribution in [0, 0.1) is 0 Å². The van der Waals surface area contributed by atoms with Gasteiger partial charge in [0.2, 0.25) is 0 Å². The fraction of sp³-hybridized carbons (Fsp3) is 0.500. The van der Waals surface area contributed by atoms with Crippen LogP contribution >= 0.6 is 0 Å². The van der Waals surface area contributed by atoms with E-state index in [1.54, 1.807) is 6.33 Å². The van der Waals surface area contributed by atoms with Crippen LogP contribution in [-0.4, -0.2) is 47.6 Å². The quantitative estimate of drug-likeness (QED) is 0.858. The van der Waals surface area contributed by atoms with Crippen LogP contribution in [0.5, 0.6) is 0 Å². The molecule has 106 valence electrons. The van der Waals surface area contributed by atoms with E-state index in [1.165, 1.54) is 31.3 Å². The molecule has 0 N–H and O–H groups in total. The topological polar surface area (TPSA) is 32.3 Å². The average Bonchev–Trinajstić information content (AvgIpc) is 2.73. The molecule has 0 radical (unpaired) electrons. The summed E-state index contributed by atoms with van der Waals surface area (Å²) >= 11 is 0. The molecule has 0 spiro atoms. The number of fused-ring (bicyclic) bond motifs is 1. The molecule has 0 saturated carbocycles. The summed E-state index contributed by atoms with van der Waals surface area (Å²) in [6.45, 7) is 7.93. The predicted molar refractivity (Wildman–Crippen MR) is 83.1 cm³/mol. The lowest BCUT2D eigenvalue weighted by molar-refractivity contribution is 0.294. The molecule has 1 aliphatic rings. The third kappa shape index (κ3) is 2.75. The van der Waals surface area contributed by atoms with E-state index in [0.717, 1.165) is 31.0 Å². The molecule has 4 nitrogen and oxygen atoms in total. The van der Waals surface area contributed by atoms with Crippen LogP contribution < -0.4 is 4.90 Å². The number of anilines is 1. The summed E-state index contributed by atoms with van der Waals surface area (Å²) in [7, 11) is 0. The maximum absolute atomic E-state index is 4.54. The van der Waals surface area contributed by atoms with Gasteiger partial charge in [-0.2, -0.15) is 0 Å². The van der Waals surface area contributed by atoms with E-state index < -0.39 is 0 Å². The number of hydrogen-bond donors (Lipinski definition) is 0. The van der Waals surface area contributed by atoms with Gasteiger partial charge in [-0.15, -0.1) is 0 Å². The third-order valence-corrected chi connectivity index (χ3v) is 3.95. The van der Waals surface area contributed by atoms with Crippen molar-refractivity contribution >= 4 is 16.7 Å². The van der Waals surface area contributed by atoms with Gasteiger partial charge in [0.15, 0.2) is 0 Å². The summed E-state index contributed by atoms with van der Waals surface area (Å²) in [6.07, 6.45) is 4.13. The molecule has 1 saturated heterocycles. The second-order valence-electron chi connectivity index (χ2n) is 5.40. The SMILES string of the molecule is CCCN1CCCN(c2ncnc3ccccc23)CC1. The Hall–Kier alpha value is -1.68. The van der Waals surface area contributed by atoms with Gasteiger partial charge in [-0.1, -0.05) is 19.1 Å². The van der Waals surface area contributed by atoms with Crippen LogP contribution in [0.3, 0.4) is 0 Å². The molecule has 3 rings (SSSR count). The first-order valence-electron chi connectivity index (χ1n) is 7.55. The van der Waals surface area contributed by atoms with E-state index in [-0.39, 0.29) is 0 Å². The molecule has 0 atom stereocenters. The van der Waals surface area contributed by atoms with E-state index in [1.807, 2.05) is 6.07 Å². The van der Waals surface area contributed by atoms with Crippen molar-refractivity contribution in [1.82, 2.24) is 14.9 Å². The summed E-state index contributed by atoms with van der Waals surface area (Å²) in [5.41, 5.74) is 1.03. The van der Waals surface area contributed by atoms with E-state index in [2.05, 4.69) is 44.9 Å². The molecule has 1 aromatic carbocycles. The molecule has 0 unspecified atom stereocenters. The zero-order chi connectivity index (χ0) is 13.8. The molecule has 1 aliphatic heterocycles. The van der Waals surface area contributed by atoms with Gasteiger partial charge < -0.3 is 9.80 Å². The summed E-state index contributed by atoms with van der Waals surface area (Å²) in [5.74, 6) is 1.09. The summed E-state index contributed by atoms with van der Waals surface area (Å²) in [5, 5.41) is 1.17. The number of benzene rings is 1. The predicted octanol–water partition coefficient (Wildman–Crippen LogP) is 2.55. The average molecular weight is 270 g/mol. The number of rotatable bonds is 3. The van der Waals surface area contributed by atoms with E-state index in [4.69, 9.17) is 0 Å². The minimum atomic E-state index is 1.03. The Morgan fingerprint density at radius 1 is 1.05 bits per heavy atom. The fourth-order valence-electron chi connectivity index (χ4n) is 2.97. The monoisotopic (exact) mass is 270 g/mol. The normalized spacial score (nSPS) is 17.4. The van der Waals surface area contributed by atoms with Crippen molar-refractivity contribution in [1.29, 1.82) is 0 Å². The van der Waals surface area contributed by atoms with Crippen LogP contribution in [0.4, 0.5) is 5.82 Å². The largest absolute Gasteiger partial charge is 0.355 e. The second kappa shape index (κ2) is 6.18. The van der Waals surface area contributed by atoms with Crippen molar-refractivity contribution in [3.05, 3.63) is 30.6 Å². The third-order valence-electron chi connectivity index (χ3n) is 3.95. The highest BCUT2D eigenvalue weighted by Gasteiger charge is 2.17. The second-order valence-corrected chi connectivity index (χ2v) is 5.40. The zero-order valence-electron chi connectivity index (χ0n) is 12.1. The number of aromatic nitrogens is 2. The maximum Gasteiger partial charge on any atom is 0.139 e. The Morgan fingerprint density at radius 3 is 2.85 bits per heavy atom. The summed E-state index contributed by atoms with van der Waals surface area (Å²) in [6, 6.07) is 8.28. The first kappa shape index (κ1) is 13.3. The molecule has 1 fully saturated rings. The molecule has 20 heavy (non-hydrogen) atoms. The standard InChI is InChI=1S/C16H22N4/c1-2-8-19-9-5-10-20(12-11-19)16-14-6-3-4-7-15(14)17-13-18-16/h3-4,6-7,13H,2,5,8-12H2,1H3. The summed E-state index contributed by atoms with van der Waals surface area (Å²) in [4.78, 5) is 13.9. The first-order valence-corrected chi connectivity index (χ1v) is 7.55. The molecular weight excluding hydrogens is 248 g/mol. The molecule has 1 aromatic heterocycles. The number of para-hydroxylation sites is 1. The highest BCUT2D eigenvalue weighted by molar-refractivity contribution is 5.89. The smallest absolute Gasteiger partial charge is 0.139 e. The summed E-state index contributed by atoms with van der Waals surface area (Å²) < 4.78 is 0. The molecule has 4 heteroatoms. The van der Waals surface area contributed by atoms with Gasteiger partial charge in [0.1, 0.15) is 12.1 Å². The van der Waals surface area contributed by atoms with Crippen LogP contribution in [0.25, 0.3) is 10.9 Å². The lowest BCUT2D eigenvalue weighted by atomic mass is 10.2. The Balaban J connectivity index is 1.84. The molecule has 0 amide bonds. The van der Waals surface area contributed by atoms with Gasteiger partial charge in [-0.25, -0.2) is 9.97 Å². The van der Waals surface area contributed by atoms with Crippen LogP contribution in [0.1, 0.15) is 19.8 Å². The molecule has 2 heterocycles. The van der Waals surface area contributed by atoms with E-state index >= 15 is 0 Å². The van der Waals surface area contributed by atoms with Crippen molar-refractivity contribution in [3.8, 4) is 0 Å². The van der Waals surface area contributed by atoms with Crippen LogP contribution in [0.2, 0.25) is 0 Å². The number of nitrogens with zero attached hydrogens (tertiary/aromatic N) is 4. The Kier molecular flexibility index (Phi) is 4.11. The van der Waals surface area contributed by atoms with Crippen molar-refractivity contribution in [3.63, 3.8) is 0 Å². The van der Waals surface area contributed by atoms with Gasteiger partial charge >= 0.3 is 0 Å². The van der Waals surface area contributed by atoms with E-state index in [0.29, 0.717) is 0 Å². The van der Waals surface area contributed by atoms with Crippen LogP contribution in [-0.2, 0) is 0 Å². The van der Waals surface area contributed by atoms with Crippen molar-refractivity contribution in [2.75, 3.05) is 37.6 Å². The van der Waals surface area contributed by atoms with E-state index in [9.17, 15) is 0 Å². The van der Waals surface area contributed by atoms with Gasteiger partial charge in [-0.05, 0) is 38.1 Å². The van der Waals surface area contributed by atoms with Gasteiger partial charge in [0.05, 0.1) is 5.52 Å². The first-order chi connectivity index (χ1) is 9.88. The van der Waals surface area contributed by atoms with Crippen molar-refractivity contribution < 1.29 is 0 Å². The Bertz CT molecular complexity index is 564. The zero-order valence-corrected chi connectivity index (χ0v) is 12.1. The fourth-order valence-corrected chi connectivity index (χ4v) is 2.97. The highest BCUT2D eigenvalue weighted by atomic mass is 15.2. The lowest BCUT2D eigenvalue weighted by Gasteiger charge is -2.23. The Labute approximate surface area is 120 Å². The minimum absolute atomic E-state index is 1.03. The molecular formula is C16H22N4. The molecule has 2 aromatic rings. The maximum atomic E-state index is 4.54. The highest BCUT2D eigenvalue weighted by Crippen LogP contribution is 2.23. The Morgan fingerprint density at radius 2 is 1.95 bits per heavy atom. The van der Waals surface area contributed by atoms with Gasteiger partial charge in [0.25, 0.3) is 0 Å². The molecule has 0 aliphatic carbocycles. The minimum Gasteiger partial charge on any atom is -0.355 e. The lowest BCUT2D eigenvalue weighted by Crippen LogP contribution is -2.31. The molecule has 0 bridgehead atoms. The van der Waals surface area contributed by atoms with Crippen LogP contribution in [0.15, 0.2) is 30.6 Å². The van der Waals surface area contributed by atoms with Gasteiger partial charge in [0, 0.05) is 25.0 Å². The van der Waals surface area contributed by atoms with Crippen molar-refractivity contribution in [2.24, 2.45) is 0 Å². The van der Waals surface area contributed by atoms with Crippen molar-refractivity contribution in [2.45, 2.75) is 19.8 Å². The number of hydrogen-bond acceptors (Lipinski definition) is 4. The van der Waals surface area contributed by atoms with Gasteiger partial charge in [-0.3, -0.25) is 0 Å².